The van der Waals surface area contributed by atoms with E-state index in [1.807, 2.05) is 18.3 Å². The molecular weight excluding hydrogens is 355 g/mol. The summed E-state index contributed by atoms with van der Waals surface area (Å²) in [4.78, 5) is 7.72. The third-order valence-corrected chi connectivity index (χ3v) is 4.54. The van der Waals surface area contributed by atoms with Gasteiger partial charge in [0, 0.05) is 30.2 Å². The van der Waals surface area contributed by atoms with Crippen molar-refractivity contribution in [1.29, 1.82) is 0 Å². The van der Waals surface area contributed by atoms with Crippen LogP contribution in [-0.4, -0.2) is 33.3 Å². The van der Waals surface area contributed by atoms with Crippen LogP contribution in [-0.2, 0) is 12.8 Å². The molecule has 0 atom stereocenters. The van der Waals surface area contributed by atoms with E-state index in [1.165, 1.54) is 23.1 Å². The van der Waals surface area contributed by atoms with Crippen molar-refractivity contribution in [3.63, 3.8) is 0 Å². The number of H-pyrrole nitrogens is 1. The van der Waals surface area contributed by atoms with Crippen molar-refractivity contribution in [3.05, 3.63) is 77.9 Å². The first-order chi connectivity index (χ1) is 13.8. The lowest BCUT2D eigenvalue weighted by molar-refractivity contribution is 0.627. The minimum atomic E-state index is -0.226. The molecule has 28 heavy (non-hydrogen) atoms. The molecule has 0 saturated heterocycles. The van der Waals surface area contributed by atoms with Gasteiger partial charge in [-0.2, -0.15) is 10.1 Å². The number of rotatable bonds is 8. The third-order valence-electron chi connectivity index (χ3n) is 4.54. The number of halogens is 1. The molecule has 0 aliphatic carbocycles. The van der Waals surface area contributed by atoms with E-state index in [9.17, 15) is 4.39 Å². The Hall–Kier alpha value is -3.48. The van der Waals surface area contributed by atoms with Crippen LogP contribution in [0.25, 0.3) is 10.9 Å². The SMILES string of the molecule is Fc1ccc(CCNc2nncc(NCCc3c[nH]c4ccccc34)n2)cc1. The van der Waals surface area contributed by atoms with Gasteiger partial charge >= 0.3 is 0 Å². The Morgan fingerprint density at radius 1 is 0.929 bits per heavy atom. The van der Waals surface area contributed by atoms with E-state index < -0.39 is 0 Å². The highest BCUT2D eigenvalue weighted by atomic mass is 19.1. The molecule has 0 bridgehead atoms. The van der Waals surface area contributed by atoms with Gasteiger partial charge in [-0.3, -0.25) is 0 Å². The first-order valence-electron chi connectivity index (χ1n) is 9.25. The molecule has 3 N–H and O–H groups in total. The number of benzene rings is 2. The summed E-state index contributed by atoms with van der Waals surface area (Å²) in [5.41, 5.74) is 3.46. The van der Waals surface area contributed by atoms with Gasteiger partial charge in [-0.15, -0.1) is 5.10 Å². The number of aromatic amines is 1. The standard InChI is InChI=1S/C21H21FN6/c22-17-7-5-15(6-8-17)9-11-24-21-27-20(14-26-28-21)23-12-10-16-13-25-19-4-2-1-3-18(16)19/h1-8,13-14,25H,9-12H2,(H2,23,24,27,28). The van der Waals surface area contributed by atoms with Crippen molar-refractivity contribution in [2.24, 2.45) is 0 Å². The minimum absolute atomic E-state index is 0.226. The molecule has 0 radical (unpaired) electrons. The van der Waals surface area contributed by atoms with Gasteiger partial charge in [-0.05, 0) is 42.2 Å². The van der Waals surface area contributed by atoms with Crippen molar-refractivity contribution in [2.45, 2.75) is 12.8 Å². The lowest BCUT2D eigenvalue weighted by Gasteiger charge is -2.08. The maximum Gasteiger partial charge on any atom is 0.244 e. The number of hydrogen-bond acceptors (Lipinski definition) is 5. The van der Waals surface area contributed by atoms with E-state index in [0.29, 0.717) is 18.3 Å². The van der Waals surface area contributed by atoms with Crippen molar-refractivity contribution >= 4 is 22.7 Å². The quantitative estimate of drug-likeness (QED) is 0.436. The average molecular weight is 376 g/mol. The number of nitrogens with zero attached hydrogens (tertiary/aromatic N) is 3. The van der Waals surface area contributed by atoms with Crippen LogP contribution >= 0.6 is 0 Å². The van der Waals surface area contributed by atoms with E-state index >= 15 is 0 Å². The van der Waals surface area contributed by atoms with Crippen LogP contribution in [0.3, 0.4) is 0 Å². The molecule has 2 aromatic carbocycles. The Labute approximate surface area is 162 Å². The third kappa shape index (κ3) is 4.43. The van der Waals surface area contributed by atoms with E-state index in [1.54, 1.807) is 18.3 Å². The van der Waals surface area contributed by atoms with Gasteiger partial charge in [0.25, 0.3) is 0 Å². The second kappa shape index (κ2) is 8.47. The van der Waals surface area contributed by atoms with Crippen LogP contribution in [0, 0.1) is 5.82 Å². The predicted molar refractivity (Wildman–Crippen MR) is 109 cm³/mol. The number of nitrogens with one attached hydrogen (secondary N) is 3. The highest BCUT2D eigenvalue weighted by molar-refractivity contribution is 5.83. The Morgan fingerprint density at radius 3 is 2.64 bits per heavy atom. The van der Waals surface area contributed by atoms with Gasteiger partial charge < -0.3 is 15.6 Å². The molecule has 0 aliphatic rings. The van der Waals surface area contributed by atoms with Crippen molar-refractivity contribution in [3.8, 4) is 0 Å². The monoisotopic (exact) mass is 376 g/mol. The molecule has 0 aliphatic heterocycles. The lowest BCUT2D eigenvalue weighted by atomic mass is 10.1. The Kier molecular flexibility index (Phi) is 5.42. The predicted octanol–water partition coefficient (Wildman–Crippen LogP) is 3.80. The van der Waals surface area contributed by atoms with Crippen LogP contribution < -0.4 is 10.6 Å². The second-order valence-electron chi connectivity index (χ2n) is 6.50. The van der Waals surface area contributed by atoms with Crippen molar-refractivity contribution < 1.29 is 4.39 Å². The first-order valence-corrected chi connectivity index (χ1v) is 9.25. The van der Waals surface area contributed by atoms with E-state index in [0.717, 1.165) is 30.5 Å². The van der Waals surface area contributed by atoms with Gasteiger partial charge in [-0.1, -0.05) is 30.3 Å². The molecule has 2 heterocycles. The summed E-state index contributed by atoms with van der Waals surface area (Å²) in [5.74, 6) is 0.925. The first kappa shape index (κ1) is 17.9. The zero-order valence-electron chi connectivity index (χ0n) is 15.3. The fraction of sp³-hybridized carbons (Fsp3) is 0.190. The van der Waals surface area contributed by atoms with E-state index in [-0.39, 0.29) is 5.82 Å². The Morgan fingerprint density at radius 2 is 1.75 bits per heavy atom. The minimum Gasteiger partial charge on any atom is -0.368 e. The molecule has 4 rings (SSSR count). The lowest BCUT2D eigenvalue weighted by Crippen LogP contribution is -2.12. The van der Waals surface area contributed by atoms with Crippen molar-refractivity contribution in [1.82, 2.24) is 20.2 Å². The Balaban J connectivity index is 1.28. The summed E-state index contributed by atoms with van der Waals surface area (Å²) in [7, 11) is 0. The summed E-state index contributed by atoms with van der Waals surface area (Å²) in [5, 5.41) is 15.7. The molecule has 0 unspecified atom stereocenters. The Bertz CT molecular complexity index is 1040. The number of aromatic nitrogens is 4. The van der Waals surface area contributed by atoms with Crippen LogP contribution in [0.4, 0.5) is 16.2 Å². The van der Waals surface area contributed by atoms with Gasteiger partial charge in [0.1, 0.15) is 5.82 Å². The molecule has 0 fully saturated rings. The smallest absolute Gasteiger partial charge is 0.244 e. The zero-order chi connectivity index (χ0) is 19.2. The van der Waals surface area contributed by atoms with Gasteiger partial charge in [-0.25, -0.2) is 4.39 Å². The fourth-order valence-corrected chi connectivity index (χ4v) is 3.10. The van der Waals surface area contributed by atoms with Crippen LogP contribution in [0.5, 0.6) is 0 Å². The summed E-state index contributed by atoms with van der Waals surface area (Å²) in [6.45, 7) is 1.39. The van der Waals surface area contributed by atoms with Crippen LogP contribution in [0.15, 0.2) is 60.9 Å². The number of fused-ring (bicyclic) bond motifs is 1. The summed E-state index contributed by atoms with van der Waals surface area (Å²) < 4.78 is 12.9. The summed E-state index contributed by atoms with van der Waals surface area (Å²) >= 11 is 0. The molecule has 2 aromatic heterocycles. The maximum atomic E-state index is 12.9. The molecule has 0 amide bonds. The van der Waals surface area contributed by atoms with Gasteiger partial charge in [0.15, 0.2) is 5.82 Å². The molecule has 0 saturated carbocycles. The van der Waals surface area contributed by atoms with Gasteiger partial charge in [0.2, 0.25) is 5.95 Å². The summed E-state index contributed by atoms with van der Waals surface area (Å²) in [6, 6.07) is 14.7. The molecule has 4 aromatic rings. The summed E-state index contributed by atoms with van der Waals surface area (Å²) in [6.07, 6.45) is 5.29. The highest BCUT2D eigenvalue weighted by Gasteiger charge is 2.04. The maximum absolute atomic E-state index is 12.9. The van der Waals surface area contributed by atoms with Crippen LogP contribution in [0.2, 0.25) is 0 Å². The fourth-order valence-electron chi connectivity index (χ4n) is 3.10. The molecule has 0 spiro atoms. The largest absolute Gasteiger partial charge is 0.368 e. The molecular formula is C21H21FN6. The zero-order valence-corrected chi connectivity index (χ0v) is 15.3. The number of hydrogen-bond donors (Lipinski definition) is 3. The van der Waals surface area contributed by atoms with Crippen LogP contribution in [0.1, 0.15) is 11.1 Å². The highest BCUT2D eigenvalue weighted by Crippen LogP contribution is 2.18. The van der Waals surface area contributed by atoms with E-state index in [4.69, 9.17) is 0 Å². The molecule has 142 valence electrons. The number of anilines is 2. The van der Waals surface area contributed by atoms with Gasteiger partial charge in [0.05, 0.1) is 6.20 Å². The molecule has 6 nitrogen and oxygen atoms in total. The number of para-hydroxylation sites is 1. The topological polar surface area (TPSA) is 78.5 Å². The molecule has 7 heteroatoms. The second-order valence-corrected chi connectivity index (χ2v) is 6.50. The normalized spacial score (nSPS) is 10.9. The average Bonchev–Trinajstić information content (AvgIpc) is 3.13. The van der Waals surface area contributed by atoms with E-state index in [2.05, 4.69) is 42.9 Å². The van der Waals surface area contributed by atoms with Crippen molar-refractivity contribution in [2.75, 3.05) is 23.7 Å².